The summed E-state index contributed by atoms with van der Waals surface area (Å²) in [6, 6.07) is 23.7. The molecule has 1 amide bonds. The van der Waals surface area contributed by atoms with Crippen molar-refractivity contribution < 1.29 is 9.53 Å². The third kappa shape index (κ3) is 4.50. The van der Waals surface area contributed by atoms with Gasteiger partial charge in [-0.15, -0.1) is 0 Å². The van der Waals surface area contributed by atoms with Crippen LogP contribution in [0.1, 0.15) is 27.0 Å². The number of ether oxygens (including phenoxy) is 1. The van der Waals surface area contributed by atoms with Crippen molar-refractivity contribution in [3.63, 3.8) is 0 Å². The lowest BCUT2D eigenvalue weighted by Gasteiger charge is -2.28. The van der Waals surface area contributed by atoms with Crippen molar-refractivity contribution >= 4 is 67.1 Å². The normalized spacial score (nSPS) is 14.8. The van der Waals surface area contributed by atoms with Gasteiger partial charge in [-0.1, -0.05) is 59.9 Å². The number of nitrogens with zero attached hydrogens (tertiary/aromatic N) is 1. The molecular weight excluding hydrogens is 586 g/mol. The molecule has 3 aromatic carbocycles. The summed E-state index contributed by atoms with van der Waals surface area (Å²) >= 11 is 14.1. The lowest BCUT2D eigenvalue weighted by atomic mass is 10.1. The van der Waals surface area contributed by atoms with E-state index in [1.807, 2.05) is 77.4 Å². The Morgan fingerprint density at radius 2 is 1.61 bits per heavy atom. The largest absolute Gasteiger partial charge is 0.487 e. The van der Waals surface area contributed by atoms with Crippen LogP contribution in [-0.4, -0.2) is 10.5 Å². The molecule has 0 bridgehead atoms. The minimum absolute atomic E-state index is 0.156. The molecule has 0 spiro atoms. The predicted octanol–water partition coefficient (Wildman–Crippen LogP) is 7.23. The molecule has 166 valence electrons. The van der Waals surface area contributed by atoms with Crippen LogP contribution in [-0.2, 0) is 6.61 Å². The standard InChI is InChI=1S/C24H17Br2N3O2S2/c25-17-11-15(12-18(26)19(17)31-13-14-7-3-1-4-8-14)21-27-22-20(23(30)28-21)33-24(32)29(22)16-9-5-2-6-10-16/h1-12,21,27H,13H2,(H,28,30)/t21-/m1/s1. The molecule has 0 aliphatic carbocycles. The maximum atomic E-state index is 12.9. The van der Waals surface area contributed by atoms with Crippen molar-refractivity contribution in [1.29, 1.82) is 0 Å². The molecule has 5 nitrogen and oxygen atoms in total. The van der Waals surface area contributed by atoms with Crippen molar-refractivity contribution in [3.8, 4) is 11.4 Å². The zero-order valence-electron chi connectivity index (χ0n) is 17.0. The van der Waals surface area contributed by atoms with E-state index < -0.39 is 6.17 Å². The molecule has 2 N–H and O–H groups in total. The van der Waals surface area contributed by atoms with Crippen LogP contribution in [0.25, 0.3) is 5.69 Å². The van der Waals surface area contributed by atoms with Crippen LogP contribution in [0.5, 0.6) is 5.75 Å². The van der Waals surface area contributed by atoms with E-state index in [4.69, 9.17) is 17.0 Å². The molecular formula is C24H17Br2N3O2S2. The number of carbonyl (C=O) groups excluding carboxylic acids is 1. The number of anilines is 1. The molecule has 33 heavy (non-hydrogen) atoms. The molecule has 1 aliphatic heterocycles. The van der Waals surface area contributed by atoms with E-state index in [1.54, 1.807) is 0 Å². The van der Waals surface area contributed by atoms with Gasteiger partial charge in [0.2, 0.25) is 0 Å². The van der Waals surface area contributed by atoms with Crippen LogP contribution >= 0.6 is 55.4 Å². The van der Waals surface area contributed by atoms with E-state index in [0.29, 0.717) is 27.0 Å². The minimum Gasteiger partial charge on any atom is -0.487 e. The number of hydrogen-bond acceptors (Lipinski definition) is 5. The van der Waals surface area contributed by atoms with Gasteiger partial charge in [-0.2, -0.15) is 0 Å². The van der Waals surface area contributed by atoms with Gasteiger partial charge in [0.05, 0.1) is 8.95 Å². The van der Waals surface area contributed by atoms with Gasteiger partial charge in [0, 0.05) is 5.69 Å². The van der Waals surface area contributed by atoms with E-state index >= 15 is 0 Å². The van der Waals surface area contributed by atoms with E-state index in [2.05, 4.69) is 42.5 Å². The first-order valence-electron chi connectivity index (χ1n) is 10.1. The van der Waals surface area contributed by atoms with Gasteiger partial charge in [0.1, 0.15) is 29.2 Å². The number of para-hydroxylation sites is 1. The van der Waals surface area contributed by atoms with Crippen LogP contribution in [0.2, 0.25) is 0 Å². The smallest absolute Gasteiger partial charge is 0.267 e. The Labute approximate surface area is 216 Å². The SMILES string of the molecule is O=C1N[C@H](c2cc(Br)c(OCc3ccccc3)c(Br)c2)Nc2c1sc(=S)n2-c1ccccc1. The van der Waals surface area contributed by atoms with Crippen LogP contribution in [0.3, 0.4) is 0 Å². The van der Waals surface area contributed by atoms with Gasteiger partial charge < -0.3 is 15.4 Å². The number of hydrogen-bond donors (Lipinski definition) is 2. The summed E-state index contributed by atoms with van der Waals surface area (Å²) in [7, 11) is 0. The molecule has 4 aromatic rings. The first-order chi connectivity index (χ1) is 16.0. The molecule has 0 saturated heterocycles. The Kier molecular flexibility index (Phi) is 6.38. The lowest BCUT2D eigenvalue weighted by Crippen LogP contribution is -2.38. The zero-order chi connectivity index (χ0) is 22.9. The molecule has 0 unspecified atom stereocenters. The van der Waals surface area contributed by atoms with Crippen molar-refractivity contribution in [2.45, 2.75) is 12.8 Å². The van der Waals surface area contributed by atoms with Crippen LogP contribution < -0.4 is 15.4 Å². The number of carbonyl (C=O) groups is 1. The second kappa shape index (κ2) is 9.42. The number of nitrogens with one attached hydrogen (secondary N) is 2. The number of thiazole rings is 1. The quantitative estimate of drug-likeness (QED) is 0.237. The van der Waals surface area contributed by atoms with Crippen LogP contribution in [0, 0.1) is 3.95 Å². The number of rotatable bonds is 5. The van der Waals surface area contributed by atoms with Gasteiger partial charge in [-0.05, 0) is 79.5 Å². The number of aromatic nitrogens is 1. The highest BCUT2D eigenvalue weighted by Gasteiger charge is 2.30. The minimum atomic E-state index is -0.431. The number of benzene rings is 3. The van der Waals surface area contributed by atoms with Crippen LogP contribution in [0.4, 0.5) is 5.82 Å². The van der Waals surface area contributed by atoms with Gasteiger partial charge in [-0.25, -0.2) is 0 Å². The van der Waals surface area contributed by atoms with Gasteiger partial charge in [0.25, 0.3) is 5.91 Å². The summed E-state index contributed by atoms with van der Waals surface area (Å²) in [6.07, 6.45) is -0.431. The predicted molar refractivity (Wildman–Crippen MR) is 141 cm³/mol. The van der Waals surface area contributed by atoms with E-state index in [-0.39, 0.29) is 5.91 Å². The Balaban J connectivity index is 1.45. The Bertz CT molecular complexity index is 1370. The third-order valence-corrected chi connectivity index (χ3v) is 7.72. The Morgan fingerprint density at radius 1 is 0.970 bits per heavy atom. The number of amides is 1. The van der Waals surface area contributed by atoms with Crippen LogP contribution in [0.15, 0.2) is 81.7 Å². The second-order valence-corrected chi connectivity index (χ2v) is 10.7. The number of fused-ring (bicyclic) bond motifs is 1. The van der Waals surface area contributed by atoms with Crippen molar-refractivity contribution in [3.05, 3.63) is 102 Å². The van der Waals surface area contributed by atoms with Crippen molar-refractivity contribution in [2.24, 2.45) is 0 Å². The Hall–Kier alpha value is -2.46. The second-order valence-electron chi connectivity index (χ2n) is 7.36. The van der Waals surface area contributed by atoms with E-state index in [0.717, 1.165) is 25.8 Å². The highest BCUT2D eigenvalue weighted by molar-refractivity contribution is 9.11. The number of halogens is 2. The molecule has 0 saturated carbocycles. The summed E-state index contributed by atoms with van der Waals surface area (Å²) in [6.45, 7) is 0.451. The monoisotopic (exact) mass is 601 g/mol. The molecule has 1 atom stereocenters. The van der Waals surface area contributed by atoms with Crippen molar-refractivity contribution in [2.75, 3.05) is 5.32 Å². The van der Waals surface area contributed by atoms with E-state index in [9.17, 15) is 4.79 Å². The van der Waals surface area contributed by atoms with Gasteiger partial charge in [0.15, 0.2) is 3.95 Å². The third-order valence-electron chi connectivity index (χ3n) is 5.17. The molecule has 1 aromatic heterocycles. The Morgan fingerprint density at radius 3 is 2.27 bits per heavy atom. The first-order valence-corrected chi connectivity index (χ1v) is 12.9. The maximum absolute atomic E-state index is 12.9. The fraction of sp³-hybridized carbons (Fsp3) is 0.0833. The average molecular weight is 603 g/mol. The molecule has 9 heteroatoms. The fourth-order valence-electron chi connectivity index (χ4n) is 3.62. The zero-order valence-corrected chi connectivity index (χ0v) is 21.9. The fourth-order valence-corrected chi connectivity index (χ4v) is 6.38. The molecule has 5 rings (SSSR count). The van der Waals surface area contributed by atoms with Crippen molar-refractivity contribution in [1.82, 2.24) is 9.88 Å². The van der Waals surface area contributed by atoms with E-state index in [1.165, 1.54) is 11.3 Å². The summed E-state index contributed by atoms with van der Waals surface area (Å²) in [4.78, 5) is 13.5. The molecule has 2 heterocycles. The van der Waals surface area contributed by atoms with Gasteiger partial charge in [-0.3, -0.25) is 9.36 Å². The molecule has 0 radical (unpaired) electrons. The lowest BCUT2D eigenvalue weighted by molar-refractivity contribution is 0.0939. The maximum Gasteiger partial charge on any atom is 0.267 e. The van der Waals surface area contributed by atoms with Gasteiger partial charge >= 0.3 is 0 Å². The summed E-state index contributed by atoms with van der Waals surface area (Å²) in [5.41, 5.74) is 2.86. The topological polar surface area (TPSA) is 55.3 Å². The molecule has 1 aliphatic rings. The highest BCUT2D eigenvalue weighted by atomic mass is 79.9. The summed E-state index contributed by atoms with van der Waals surface area (Å²) in [5.74, 6) is 1.24. The summed E-state index contributed by atoms with van der Waals surface area (Å²) < 4.78 is 10.1. The first kappa shape index (κ1) is 22.3. The average Bonchev–Trinajstić information content (AvgIpc) is 3.16. The molecule has 0 fully saturated rings. The summed E-state index contributed by atoms with van der Waals surface area (Å²) in [5, 5.41) is 6.49. The highest BCUT2D eigenvalue weighted by Crippen LogP contribution is 2.39.